The monoisotopic (exact) mass is 245 g/mol. The lowest BCUT2D eigenvalue weighted by molar-refractivity contribution is 0.723. The maximum absolute atomic E-state index is 11.6. The van der Waals surface area contributed by atoms with Crippen LogP contribution < -0.4 is 17.0 Å². The number of aromatic nitrogens is 2. The third-order valence-corrected chi connectivity index (χ3v) is 2.82. The van der Waals surface area contributed by atoms with E-state index in [1.807, 2.05) is 24.3 Å². The van der Waals surface area contributed by atoms with Crippen molar-refractivity contribution >= 4 is 5.69 Å². The summed E-state index contributed by atoms with van der Waals surface area (Å²) in [6, 6.07) is 7.98. The van der Waals surface area contributed by atoms with Crippen molar-refractivity contribution in [2.24, 2.45) is 0 Å². The van der Waals surface area contributed by atoms with Crippen LogP contribution in [0.1, 0.15) is 18.1 Å². The van der Waals surface area contributed by atoms with Crippen molar-refractivity contribution in [3.05, 3.63) is 62.4 Å². The number of nitrogens with two attached hydrogens (primary N) is 1. The summed E-state index contributed by atoms with van der Waals surface area (Å²) in [5, 5.41) is 0. The number of nitrogens with one attached hydrogen (secondary N) is 1. The van der Waals surface area contributed by atoms with Gasteiger partial charge in [0.15, 0.2) is 0 Å². The van der Waals surface area contributed by atoms with Crippen LogP contribution in [-0.2, 0) is 13.0 Å². The molecular weight excluding hydrogens is 230 g/mol. The molecule has 0 spiro atoms. The lowest BCUT2D eigenvalue weighted by atomic mass is 10.1. The first kappa shape index (κ1) is 12.2. The summed E-state index contributed by atoms with van der Waals surface area (Å²) < 4.78 is 1.39. The molecular formula is C13H15N3O2. The Morgan fingerprint density at radius 1 is 1.17 bits per heavy atom. The number of nitrogens with zero attached hydrogens (tertiary/aromatic N) is 1. The Morgan fingerprint density at radius 3 is 2.39 bits per heavy atom. The fourth-order valence-electron chi connectivity index (χ4n) is 1.72. The number of H-pyrrole nitrogens is 1. The van der Waals surface area contributed by atoms with Crippen LogP contribution in [0.2, 0.25) is 0 Å². The Morgan fingerprint density at radius 2 is 1.78 bits per heavy atom. The molecule has 0 unspecified atom stereocenters. The van der Waals surface area contributed by atoms with Crippen LogP contribution in [0, 0.1) is 0 Å². The fraction of sp³-hybridized carbons (Fsp3) is 0.231. The highest BCUT2D eigenvalue weighted by molar-refractivity contribution is 5.31. The van der Waals surface area contributed by atoms with E-state index < -0.39 is 11.2 Å². The van der Waals surface area contributed by atoms with E-state index in [0.29, 0.717) is 6.54 Å². The molecule has 0 saturated carbocycles. The number of aromatic amines is 1. The van der Waals surface area contributed by atoms with Gasteiger partial charge in [0.25, 0.3) is 5.56 Å². The maximum Gasteiger partial charge on any atom is 0.328 e. The van der Waals surface area contributed by atoms with E-state index in [1.165, 1.54) is 16.3 Å². The molecule has 18 heavy (non-hydrogen) atoms. The molecule has 3 N–H and O–H groups in total. The molecule has 0 fully saturated rings. The van der Waals surface area contributed by atoms with Crippen LogP contribution in [0.4, 0.5) is 5.69 Å². The number of nitrogen functional groups attached to an aromatic ring is 1. The first-order valence-electron chi connectivity index (χ1n) is 5.77. The van der Waals surface area contributed by atoms with Gasteiger partial charge in [0.05, 0.1) is 6.54 Å². The summed E-state index contributed by atoms with van der Waals surface area (Å²) >= 11 is 0. The van der Waals surface area contributed by atoms with Gasteiger partial charge in [0.2, 0.25) is 0 Å². The second-order valence-corrected chi connectivity index (χ2v) is 4.14. The second-order valence-electron chi connectivity index (χ2n) is 4.14. The average molecular weight is 245 g/mol. The summed E-state index contributed by atoms with van der Waals surface area (Å²) in [6.45, 7) is 2.48. The van der Waals surface area contributed by atoms with Crippen molar-refractivity contribution in [2.75, 3.05) is 5.73 Å². The molecule has 1 aromatic carbocycles. The number of hydrogen-bond donors (Lipinski definition) is 2. The molecule has 94 valence electrons. The van der Waals surface area contributed by atoms with Gasteiger partial charge in [-0.05, 0) is 17.5 Å². The minimum absolute atomic E-state index is 0.0415. The summed E-state index contributed by atoms with van der Waals surface area (Å²) in [6.07, 6.45) is 2.35. The average Bonchev–Trinajstić information content (AvgIpc) is 2.37. The quantitative estimate of drug-likeness (QED) is 0.836. The Bertz CT molecular complexity index is 653. The van der Waals surface area contributed by atoms with Crippen LogP contribution in [0.5, 0.6) is 0 Å². The van der Waals surface area contributed by atoms with Gasteiger partial charge >= 0.3 is 5.69 Å². The van der Waals surface area contributed by atoms with E-state index in [4.69, 9.17) is 5.73 Å². The lowest BCUT2D eigenvalue weighted by Crippen LogP contribution is -2.31. The van der Waals surface area contributed by atoms with Gasteiger partial charge in [0, 0.05) is 6.20 Å². The Balaban J connectivity index is 2.31. The first-order valence-corrected chi connectivity index (χ1v) is 5.77. The molecule has 0 amide bonds. The predicted molar refractivity (Wildman–Crippen MR) is 70.7 cm³/mol. The molecule has 5 nitrogen and oxygen atoms in total. The van der Waals surface area contributed by atoms with Crippen molar-refractivity contribution in [3.63, 3.8) is 0 Å². The Labute approximate surface area is 104 Å². The van der Waals surface area contributed by atoms with Crippen LogP contribution >= 0.6 is 0 Å². The zero-order valence-corrected chi connectivity index (χ0v) is 10.1. The van der Waals surface area contributed by atoms with Crippen LogP contribution in [0.25, 0.3) is 0 Å². The van der Waals surface area contributed by atoms with Gasteiger partial charge in [-0.3, -0.25) is 14.3 Å². The first-order chi connectivity index (χ1) is 8.60. The third kappa shape index (κ3) is 2.51. The largest absolute Gasteiger partial charge is 0.393 e. The molecule has 0 aliphatic carbocycles. The lowest BCUT2D eigenvalue weighted by Gasteiger charge is -2.06. The zero-order chi connectivity index (χ0) is 13.1. The topological polar surface area (TPSA) is 80.9 Å². The van der Waals surface area contributed by atoms with Gasteiger partial charge in [-0.2, -0.15) is 0 Å². The van der Waals surface area contributed by atoms with E-state index in [-0.39, 0.29) is 5.69 Å². The van der Waals surface area contributed by atoms with Crippen molar-refractivity contribution in [1.29, 1.82) is 0 Å². The van der Waals surface area contributed by atoms with Gasteiger partial charge in [-0.15, -0.1) is 0 Å². The normalized spacial score (nSPS) is 10.5. The smallest absolute Gasteiger partial charge is 0.328 e. The molecule has 0 aliphatic heterocycles. The van der Waals surface area contributed by atoms with Crippen molar-refractivity contribution in [1.82, 2.24) is 9.55 Å². The number of hydrogen-bond acceptors (Lipinski definition) is 3. The summed E-state index contributed by atoms with van der Waals surface area (Å²) in [5.41, 5.74) is 6.76. The highest BCUT2D eigenvalue weighted by Gasteiger charge is 2.02. The molecule has 0 saturated heterocycles. The van der Waals surface area contributed by atoms with Crippen LogP contribution in [0.3, 0.4) is 0 Å². The number of benzene rings is 1. The minimum atomic E-state index is -0.544. The molecule has 0 bridgehead atoms. The standard InChI is InChI=1S/C13H15N3O2/c1-2-9-3-5-10(6-4-9)7-16-8-11(14)12(17)15-13(16)18/h3-6,8H,2,7,14H2,1H3,(H,15,17,18). The molecule has 0 aliphatic rings. The zero-order valence-electron chi connectivity index (χ0n) is 10.1. The fourth-order valence-corrected chi connectivity index (χ4v) is 1.72. The molecule has 1 heterocycles. The van der Waals surface area contributed by atoms with E-state index >= 15 is 0 Å². The highest BCUT2D eigenvalue weighted by atomic mass is 16.2. The summed E-state index contributed by atoms with van der Waals surface area (Å²) in [4.78, 5) is 24.9. The maximum atomic E-state index is 11.6. The summed E-state index contributed by atoms with van der Waals surface area (Å²) in [7, 11) is 0. The molecule has 0 atom stereocenters. The van der Waals surface area contributed by atoms with E-state index in [2.05, 4.69) is 11.9 Å². The molecule has 2 aromatic rings. The summed E-state index contributed by atoms with van der Waals surface area (Å²) in [5.74, 6) is 0. The SMILES string of the molecule is CCc1ccc(Cn2cc(N)c(=O)[nH]c2=O)cc1. The molecule has 1 aromatic heterocycles. The molecule has 5 heteroatoms. The number of rotatable bonds is 3. The van der Waals surface area contributed by atoms with Crippen LogP contribution in [0.15, 0.2) is 40.1 Å². The van der Waals surface area contributed by atoms with E-state index in [1.54, 1.807) is 0 Å². The van der Waals surface area contributed by atoms with E-state index in [9.17, 15) is 9.59 Å². The van der Waals surface area contributed by atoms with Gasteiger partial charge in [-0.1, -0.05) is 31.2 Å². The Kier molecular flexibility index (Phi) is 3.32. The van der Waals surface area contributed by atoms with Crippen molar-refractivity contribution in [2.45, 2.75) is 19.9 Å². The highest BCUT2D eigenvalue weighted by Crippen LogP contribution is 2.06. The second kappa shape index (κ2) is 4.91. The predicted octanol–water partition coefficient (Wildman–Crippen LogP) is 0.729. The molecule has 2 rings (SSSR count). The van der Waals surface area contributed by atoms with E-state index in [0.717, 1.165) is 12.0 Å². The van der Waals surface area contributed by atoms with Crippen molar-refractivity contribution in [3.8, 4) is 0 Å². The third-order valence-electron chi connectivity index (χ3n) is 2.82. The Hall–Kier alpha value is -2.30. The van der Waals surface area contributed by atoms with Crippen molar-refractivity contribution < 1.29 is 0 Å². The minimum Gasteiger partial charge on any atom is -0.393 e. The van der Waals surface area contributed by atoms with Gasteiger partial charge < -0.3 is 5.73 Å². The van der Waals surface area contributed by atoms with Crippen LogP contribution in [-0.4, -0.2) is 9.55 Å². The van der Waals surface area contributed by atoms with Gasteiger partial charge in [0.1, 0.15) is 5.69 Å². The number of aryl methyl sites for hydroxylation is 1. The van der Waals surface area contributed by atoms with Gasteiger partial charge in [-0.25, -0.2) is 4.79 Å². The molecule has 0 radical (unpaired) electrons. The number of anilines is 1.